The minimum atomic E-state index is -1.16. The van der Waals surface area contributed by atoms with Gasteiger partial charge in [0.15, 0.2) is 22.3 Å². The zero-order chi connectivity index (χ0) is 82.0. The molecular weight excluding hydrogens is 1730 g/mol. The number of esters is 2. The molecule has 13 rings (SSSR count). The van der Waals surface area contributed by atoms with Crippen LogP contribution in [0.4, 0.5) is 11.4 Å². The van der Waals surface area contributed by atoms with Crippen molar-refractivity contribution in [1.29, 1.82) is 0 Å². The molecule has 0 unspecified atom stereocenters. The number of carboxylic acid groups (broad SMARTS) is 1. The zero-order valence-electron chi connectivity index (χ0n) is 60.4. The second kappa shape index (κ2) is 48.1. The summed E-state index contributed by atoms with van der Waals surface area (Å²) >= 11 is 5.41. The fraction of sp³-hybridized carbons (Fsp3) is 0.306. The molecule has 0 aromatic heterocycles. The Bertz CT molecular complexity index is 4400. The van der Waals surface area contributed by atoms with Crippen molar-refractivity contribution in [2.24, 2.45) is 15.7 Å². The molecule has 610 valence electrons. The number of nitrogens with one attached hydrogen (secondary N) is 5. The summed E-state index contributed by atoms with van der Waals surface area (Å²) in [5.41, 5.74) is 12.9. The van der Waals surface area contributed by atoms with Gasteiger partial charge < -0.3 is 47.1 Å². The monoisotopic (exact) mass is 1800 g/mol. The number of nitro benzene ring substituents is 1. The van der Waals surface area contributed by atoms with Crippen molar-refractivity contribution in [3.63, 3.8) is 0 Å². The van der Waals surface area contributed by atoms with Crippen LogP contribution in [0.25, 0.3) is 0 Å². The van der Waals surface area contributed by atoms with Crippen LogP contribution in [-0.2, 0) is 119 Å². The van der Waals surface area contributed by atoms with Gasteiger partial charge in [0.2, 0.25) is 60.1 Å². The number of fused-ring (bicyclic) bond motifs is 3. The molecule has 8 aliphatic heterocycles. The molecule has 5 aromatic rings. The molecule has 8 aliphatic rings. The van der Waals surface area contributed by atoms with Crippen LogP contribution in [0.2, 0.25) is 0 Å². The van der Waals surface area contributed by atoms with Crippen molar-refractivity contribution in [2.75, 3.05) is 18.9 Å². The summed E-state index contributed by atoms with van der Waals surface area (Å²) in [5, 5.41) is 28.5. The Morgan fingerprint density at radius 2 is 1.04 bits per heavy atom. The average molecular weight is 1810 g/mol. The number of carbonyl (C=O) groups is 17. The molecular formula is C72H75Br2N12O27Pd-. The van der Waals surface area contributed by atoms with Crippen molar-refractivity contribution < 1.29 is 145 Å². The molecule has 8 heterocycles. The number of carbonyl (C=O) groups excluding carboxylic acids is 16. The Kier molecular flexibility index (Phi) is 39.9. The van der Waals surface area contributed by atoms with Crippen LogP contribution in [0.5, 0.6) is 0 Å². The number of benzene rings is 5. The molecule has 0 saturated carbocycles. The van der Waals surface area contributed by atoms with Gasteiger partial charge in [0.1, 0.15) is 36.9 Å². The maximum absolute atomic E-state index is 12.4. The maximum Gasteiger partial charge on any atom is 0.346 e. The van der Waals surface area contributed by atoms with Crippen LogP contribution in [0.1, 0.15) is 157 Å². The largest absolute Gasteiger partial charge is 0.480 e. The Hall–Kier alpha value is -11.9. The Morgan fingerprint density at radius 1 is 0.614 bits per heavy atom. The second-order valence-corrected chi connectivity index (χ2v) is 24.6. The van der Waals surface area contributed by atoms with Gasteiger partial charge in [-0.25, -0.2) is 28.7 Å². The van der Waals surface area contributed by atoms with Crippen molar-refractivity contribution in [2.45, 2.75) is 127 Å². The van der Waals surface area contributed by atoms with E-state index in [0.29, 0.717) is 48.3 Å². The molecule has 0 radical (unpaired) electrons. The normalized spacial score (nSPS) is 18.3. The van der Waals surface area contributed by atoms with E-state index in [1.54, 1.807) is 30.3 Å². The number of primary amides is 1. The third kappa shape index (κ3) is 28.7. The Morgan fingerprint density at radius 3 is 1.46 bits per heavy atom. The van der Waals surface area contributed by atoms with Crippen molar-refractivity contribution in [1.82, 2.24) is 35.4 Å². The molecule has 0 spiro atoms. The minimum Gasteiger partial charge on any atom is -0.480 e. The number of aliphatic imine (C=N–C) groups is 2. The van der Waals surface area contributed by atoms with E-state index < -0.39 is 112 Å². The summed E-state index contributed by atoms with van der Waals surface area (Å²) in [6.07, 6.45) is 6.39. The molecule has 10 N–H and O–H groups in total. The molecule has 42 heteroatoms. The van der Waals surface area contributed by atoms with Crippen molar-refractivity contribution >= 4 is 157 Å². The van der Waals surface area contributed by atoms with Gasteiger partial charge in [0.25, 0.3) is 35.2 Å². The van der Waals surface area contributed by atoms with E-state index in [1.165, 1.54) is 44.0 Å². The van der Waals surface area contributed by atoms with Gasteiger partial charge in [-0.15, -0.1) is 0 Å². The number of imide groups is 6. The first-order valence-electron chi connectivity index (χ1n) is 33.6. The van der Waals surface area contributed by atoms with Crippen LogP contribution in [0.3, 0.4) is 0 Å². The molecule has 39 nitrogen and oxygen atoms in total. The molecule has 5 aromatic carbocycles. The smallest absolute Gasteiger partial charge is 0.346 e. The number of hydrogen-bond acceptors (Lipinski definition) is 30. The summed E-state index contributed by atoms with van der Waals surface area (Å²) in [5.74, 6) is -9.34. The van der Waals surface area contributed by atoms with Gasteiger partial charge in [-0.1, -0.05) is 84.9 Å². The summed E-state index contributed by atoms with van der Waals surface area (Å²) in [6, 6.07) is 29.6. The molecule has 0 aliphatic carbocycles. The predicted octanol–water partition coefficient (Wildman–Crippen LogP) is 4.31. The van der Waals surface area contributed by atoms with Crippen LogP contribution in [-0.4, -0.2) is 177 Å². The number of ether oxygens (including phenoxy) is 2. The van der Waals surface area contributed by atoms with Gasteiger partial charge >= 0.3 is 23.9 Å². The molecule has 0 bridgehead atoms. The van der Waals surface area contributed by atoms with E-state index in [2.05, 4.69) is 81.5 Å². The zero-order valence-corrected chi connectivity index (χ0v) is 65.2. The Labute approximate surface area is 679 Å². The summed E-state index contributed by atoms with van der Waals surface area (Å²) in [4.78, 5) is 230. The second-order valence-electron chi connectivity index (χ2n) is 23.9. The number of nitrogen functional groups attached to an aromatic ring is 1. The topological polar surface area (TPSA) is 562 Å². The average Bonchev–Trinajstić information content (AvgIpc) is 1.63. The Balaban J connectivity index is 0.000000284. The quantitative estimate of drug-likeness (QED) is 0.00483. The van der Waals surface area contributed by atoms with Crippen molar-refractivity contribution in [3.8, 4) is 0 Å². The number of cyclic esters (lactones) is 2. The molecule has 5 atom stereocenters. The number of amides is 13. The third-order valence-electron chi connectivity index (χ3n) is 16.0. The van der Waals surface area contributed by atoms with E-state index in [0.717, 1.165) is 48.1 Å². The first-order valence-corrected chi connectivity index (χ1v) is 35.0. The first kappa shape index (κ1) is 94.5. The standard InChI is InChI=1S/C13H9N3O6.C13H11N3O4.C13H16N2O5.C13H14N2O4.C8H4O3.C5H7BrN2O2.C4H8O.C2H3BrO2.CH3.Pd/c17-9-5-4-8(11(18)14-9)15-12(19)6-2-1-3-7(16(21)22)10(6)13(15)20;14-7-3-1-2-6-10(7)13(20)16(12(6)19)8-4-5-9(17)15-11(8)18;14-12(16)7-6-11(13(17)18)15-9-20-19-8-10-4-2-1-3-5-10;16-12-7-6-11(13(17)15-12)14-9-19-18-8-10-4-2-1-3-5-10;9-7-5-3-1-2-4-6(5)8(10)11-7;6-8-3-1-2-4(9)7-5(3)10;1-2-4-5-3-1;1-2(4)5-3;;/h1-3,8H,4-5H2,(H,14,17,18);1-3,8H,4-5,14H2,(H,15,17,18);1-5,9,11H,6-8H2,(H2,14,16)(H,17,18);1-5,9,11H,6-8H2,(H,15,16,17);1-4H;3,8H,1-2H2,(H,7,9,10);1-4H2;1H3;1H3;/q;;;;;;;;-1;/t2*8-;2*11-;;3-;;;;/m0000.0..../s1. The third-order valence-corrected chi connectivity index (χ3v) is 17.0. The van der Waals surface area contributed by atoms with Crippen LogP contribution in [0.15, 0.2) is 131 Å². The number of nitrogens with zero attached hydrogens (tertiary/aromatic N) is 5. The van der Waals surface area contributed by atoms with E-state index in [1.807, 2.05) is 60.7 Å². The SMILES string of the molecule is C1CCOC1.CC(=O)OBr.NC(=O)CC[C@H](N=COOCc1ccccc1)C(=O)O.Nc1cccc2c1C(=O)N([C@H]1CCC(=O)NC1=O)C2=O.O=C1CC[C@H](N2C(=O)c3cccc([N+](=O)[O-])c3C2=O)C(=O)N1.O=C1CC[C@H](N=COOCc2ccccc2)C(=O)N1.O=C1CC[C@H](NBr)C(=O)N1.O=C1OC(=O)c2ccccc21.[CH3-].[Pd]. The van der Waals surface area contributed by atoms with E-state index in [4.69, 9.17) is 36.0 Å². The summed E-state index contributed by atoms with van der Waals surface area (Å²) in [7, 11) is 0. The number of nitro groups is 1. The van der Waals surface area contributed by atoms with Crippen molar-refractivity contribution in [3.05, 3.63) is 183 Å². The number of hydrogen-bond donors (Lipinski definition) is 8. The number of carboxylic acids is 1. The molecule has 5 saturated heterocycles. The van der Waals surface area contributed by atoms with Gasteiger partial charge in [0, 0.05) is 101 Å². The van der Waals surface area contributed by atoms with E-state index in [-0.39, 0.29) is 131 Å². The van der Waals surface area contributed by atoms with Crippen LogP contribution >= 0.6 is 32.4 Å². The number of aliphatic carboxylic acids is 1. The number of halogens is 2. The number of piperidine rings is 4. The summed E-state index contributed by atoms with van der Waals surface area (Å²) in [6.45, 7) is 3.82. The van der Waals surface area contributed by atoms with E-state index in [9.17, 15) is 91.6 Å². The van der Waals surface area contributed by atoms with Crippen LogP contribution < -0.4 is 37.1 Å². The van der Waals surface area contributed by atoms with Gasteiger partial charge in [-0.3, -0.25) is 108 Å². The van der Waals surface area contributed by atoms with Crippen LogP contribution in [0, 0.1) is 17.5 Å². The summed E-state index contributed by atoms with van der Waals surface area (Å²) < 4.78 is 15.8. The fourth-order valence-corrected chi connectivity index (χ4v) is 10.9. The molecule has 5 fully saturated rings. The number of nitrogens with two attached hydrogens (primary N) is 2. The first-order chi connectivity index (χ1) is 53.6. The minimum absolute atomic E-state index is 0. The fourth-order valence-electron chi connectivity index (χ4n) is 10.5. The van der Waals surface area contributed by atoms with Gasteiger partial charge in [-0.05, 0) is 86.4 Å². The predicted molar refractivity (Wildman–Crippen MR) is 397 cm³/mol. The molecule has 114 heavy (non-hydrogen) atoms. The van der Waals surface area contributed by atoms with Gasteiger partial charge in [0.05, 0.1) is 38.8 Å². The number of rotatable bonds is 18. The number of anilines is 1. The van der Waals surface area contributed by atoms with E-state index >= 15 is 0 Å². The van der Waals surface area contributed by atoms with Gasteiger partial charge in [-0.2, -0.15) is 9.78 Å². The maximum atomic E-state index is 12.4. The molecule has 13 amide bonds.